The molecule has 0 fully saturated rings. The zero-order valence-electron chi connectivity index (χ0n) is 13.1. The van der Waals surface area contributed by atoms with Gasteiger partial charge in [-0.05, 0) is 35.4 Å². The average Bonchev–Trinajstić information content (AvgIpc) is 2.95. The quantitative estimate of drug-likeness (QED) is 0.756. The average molecular weight is 328 g/mol. The van der Waals surface area contributed by atoms with Gasteiger partial charge in [0.05, 0.1) is 19.0 Å². The van der Waals surface area contributed by atoms with Crippen molar-refractivity contribution in [1.82, 2.24) is 9.55 Å². The summed E-state index contributed by atoms with van der Waals surface area (Å²) in [5, 5.41) is 4.08. The number of anilines is 1. The minimum atomic E-state index is 0.703. The number of rotatable bonds is 5. The van der Waals surface area contributed by atoms with E-state index in [1.54, 1.807) is 7.11 Å². The van der Waals surface area contributed by atoms with Crippen LogP contribution in [-0.2, 0) is 13.6 Å². The summed E-state index contributed by atoms with van der Waals surface area (Å²) < 4.78 is 7.20. The molecule has 0 atom stereocenters. The number of benzene rings is 2. The largest absolute Gasteiger partial charge is 0.497 e. The Morgan fingerprint density at radius 3 is 2.43 bits per heavy atom. The first-order valence-electron chi connectivity index (χ1n) is 7.32. The lowest BCUT2D eigenvalue weighted by Gasteiger charge is -2.09. The fourth-order valence-electron chi connectivity index (χ4n) is 2.39. The molecule has 23 heavy (non-hydrogen) atoms. The third kappa shape index (κ3) is 3.48. The van der Waals surface area contributed by atoms with Crippen LogP contribution in [0.3, 0.4) is 0 Å². The molecule has 1 aromatic heterocycles. The van der Waals surface area contributed by atoms with Gasteiger partial charge in [-0.15, -0.1) is 0 Å². The monoisotopic (exact) mass is 327 g/mol. The molecular weight excluding hydrogens is 310 g/mol. The lowest BCUT2D eigenvalue weighted by atomic mass is 10.2. The zero-order valence-corrected chi connectivity index (χ0v) is 13.8. The van der Waals surface area contributed by atoms with Crippen LogP contribution in [-0.4, -0.2) is 16.7 Å². The fourth-order valence-corrected chi connectivity index (χ4v) is 2.51. The second-order valence-corrected chi connectivity index (χ2v) is 5.67. The van der Waals surface area contributed by atoms with Crippen LogP contribution in [0.1, 0.15) is 5.56 Å². The van der Waals surface area contributed by atoms with Crippen LogP contribution in [0.25, 0.3) is 11.3 Å². The molecule has 0 unspecified atom stereocenters. The van der Waals surface area contributed by atoms with Crippen molar-refractivity contribution >= 4 is 17.5 Å². The molecule has 0 amide bonds. The van der Waals surface area contributed by atoms with Crippen LogP contribution in [0.4, 0.5) is 5.95 Å². The van der Waals surface area contributed by atoms with E-state index in [1.165, 1.54) is 5.56 Å². The standard InChI is InChI=1S/C18H18ClN3O/c1-22-17(14-5-7-15(19)8-6-14)12-21-18(22)20-11-13-3-9-16(23-2)10-4-13/h3-10,12H,11H2,1-2H3,(H,20,21). The van der Waals surface area contributed by atoms with Crippen LogP contribution in [0, 0.1) is 0 Å². The Kier molecular flexibility index (Phi) is 4.53. The Balaban J connectivity index is 1.72. The van der Waals surface area contributed by atoms with Crippen LogP contribution in [0.2, 0.25) is 5.02 Å². The number of methoxy groups -OCH3 is 1. The fraction of sp³-hybridized carbons (Fsp3) is 0.167. The number of aromatic nitrogens is 2. The molecule has 0 radical (unpaired) electrons. The topological polar surface area (TPSA) is 39.1 Å². The van der Waals surface area contributed by atoms with Crippen molar-refractivity contribution in [3.05, 3.63) is 65.3 Å². The highest BCUT2D eigenvalue weighted by Gasteiger charge is 2.08. The Morgan fingerprint density at radius 2 is 1.78 bits per heavy atom. The van der Waals surface area contributed by atoms with Crippen LogP contribution in [0.15, 0.2) is 54.7 Å². The zero-order chi connectivity index (χ0) is 16.2. The Labute approximate surface area is 140 Å². The third-order valence-electron chi connectivity index (χ3n) is 3.74. The van der Waals surface area contributed by atoms with Gasteiger partial charge in [0.15, 0.2) is 0 Å². The predicted octanol–water partition coefficient (Wildman–Crippen LogP) is 4.36. The van der Waals surface area contributed by atoms with Gasteiger partial charge in [-0.2, -0.15) is 0 Å². The number of nitrogens with zero attached hydrogens (tertiary/aromatic N) is 2. The molecule has 0 aliphatic rings. The molecule has 118 valence electrons. The van der Waals surface area contributed by atoms with Gasteiger partial charge in [-0.3, -0.25) is 0 Å². The van der Waals surface area contributed by atoms with Crippen molar-refractivity contribution in [2.24, 2.45) is 7.05 Å². The van der Waals surface area contributed by atoms with Crippen molar-refractivity contribution in [1.29, 1.82) is 0 Å². The van der Waals surface area contributed by atoms with Gasteiger partial charge in [-0.1, -0.05) is 35.9 Å². The minimum absolute atomic E-state index is 0.703. The first-order valence-corrected chi connectivity index (χ1v) is 7.69. The molecule has 3 aromatic rings. The van der Waals surface area contributed by atoms with Crippen LogP contribution in [0.5, 0.6) is 5.75 Å². The van der Waals surface area contributed by atoms with E-state index in [2.05, 4.69) is 10.3 Å². The summed E-state index contributed by atoms with van der Waals surface area (Å²) in [7, 11) is 3.66. The van der Waals surface area contributed by atoms with Gasteiger partial charge in [0.2, 0.25) is 5.95 Å². The van der Waals surface area contributed by atoms with E-state index >= 15 is 0 Å². The van der Waals surface area contributed by atoms with Crippen molar-refractivity contribution in [2.45, 2.75) is 6.54 Å². The summed E-state index contributed by atoms with van der Waals surface area (Å²) in [6.45, 7) is 0.703. The molecule has 0 aliphatic heterocycles. The van der Waals surface area contributed by atoms with Crippen molar-refractivity contribution in [2.75, 3.05) is 12.4 Å². The predicted molar refractivity (Wildman–Crippen MR) is 94.0 cm³/mol. The van der Waals surface area contributed by atoms with E-state index in [0.717, 1.165) is 28.0 Å². The summed E-state index contributed by atoms with van der Waals surface area (Å²) in [5.74, 6) is 1.68. The van der Waals surface area contributed by atoms with Gasteiger partial charge < -0.3 is 14.6 Å². The van der Waals surface area contributed by atoms with Gasteiger partial charge in [-0.25, -0.2) is 4.98 Å². The molecular formula is C18H18ClN3O. The molecule has 1 N–H and O–H groups in total. The summed E-state index contributed by atoms with van der Waals surface area (Å²) in [6.07, 6.45) is 1.86. The molecule has 0 aliphatic carbocycles. The molecule has 0 bridgehead atoms. The number of hydrogen-bond acceptors (Lipinski definition) is 3. The number of hydrogen-bond donors (Lipinski definition) is 1. The first kappa shape index (κ1) is 15.4. The van der Waals surface area contributed by atoms with E-state index in [0.29, 0.717) is 6.54 Å². The smallest absolute Gasteiger partial charge is 0.203 e. The van der Waals surface area contributed by atoms with Crippen molar-refractivity contribution < 1.29 is 4.74 Å². The molecule has 5 heteroatoms. The van der Waals surface area contributed by atoms with E-state index in [-0.39, 0.29) is 0 Å². The molecule has 4 nitrogen and oxygen atoms in total. The van der Waals surface area contributed by atoms with Crippen molar-refractivity contribution in [3.63, 3.8) is 0 Å². The molecule has 3 rings (SSSR count). The highest BCUT2D eigenvalue weighted by molar-refractivity contribution is 6.30. The molecule has 2 aromatic carbocycles. The number of nitrogens with one attached hydrogen (secondary N) is 1. The summed E-state index contributed by atoms with van der Waals surface area (Å²) in [5.41, 5.74) is 3.29. The van der Waals surface area contributed by atoms with E-state index < -0.39 is 0 Å². The highest BCUT2D eigenvalue weighted by atomic mass is 35.5. The maximum Gasteiger partial charge on any atom is 0.203 e. The summed E-state index contributed by atoms with van der Waals surface area (Å²) >= 11 is 5.94. The number of imidazole rings is 1. The third-order valence-corrected chi connectivity index (χ3v) is 3.99. The maximum atomic E-state index is 5.94. The first-order chi connectivity index (χ1) is 11.2. The van der Waals surface area contributed by atoms with E-state index in [9.17, 15) is 0 Å². The normalized spacial score (nSPS) is 10.6. The van der Waals surface area contributed by atoms with Gasteiger partial charge in [0, 0.05) is 18.6 Å². The Bertz CT molecular complexity index is 779. The molecule has 0 saturated heterocycles. The molecule has 0 saturated carbocycles. The Hall–Kier alpha value is -2.46. The molecule has 1 heterocycles. The highest BCUT2D eigenvalue weighted by Crippen LogP contribution is 2.23. The lowest BCUT2D eigenvalue weighted by molar-refractivity contribution is 0.414. The summed E-state index contributed by atoms with van der Waals surface area (Å²) in [4.78, 5) is 4.46. The molecule has 0 spiro atoms. The summed E-state index contributed by atoms with van der Waals surface area (Å²) in [6, 6.07) is 15.7. The second kappa shape index (κ2) is 6.75. The lowest BCUT2D eigenvalue weighted by Crippen LogP contribution is -2.05. The minimum Gasteiger partial charge on any atom is -0.497 e. The van der Waals surface area contributed by atoms with Crippen LogP contribution < -0.4 is 10.1 Å². The maximum absolute atomic E-state index is 5.94. The number of ether oxygens (including phenoxy) is 1. The van der Waals surface area contributed by atoms with Crippen LogP contribution >= 0.6 is 11.6 Å². The van der Waals surface area contributed by atoms with Gasteiger partial charge in [0.25, 0.3) is 0 Å². The Morgan fingerprint density at radius 1 is 1.09 bits per heavy atom. The second-order valence-electron chi connectivity index (χ2n) is 5.23. The van der Waals surface area contributed by atoms with E-state index in [1.807, 2.05) is 66.3 Å². The number of halogens is 1. The van der Waals surface area contributed by atoms with E-state index in [4.69, 9.17) is 16.3 Å². The van der Waals surface area contributed by atoms with Gasteiger partial charge >= 0.3 is 0 Å². The SMILES string of the molecule is COc1ccc(CNc2ncc(-c3ccc(Cl)cc3)n2C)cc1. The van der Waals surface area contributed by atoms with Crippen molar-refractivity contribution in [3.8, 4) is 17.0 Å². The van der Waals surface area contributed by atoms with Gasteiger partial charge in [0.1, 0.15) is 5.75 Å².